The van der Waals surface area contributed by atoms with Crippen LogP contribution >= 0.6 is 0 Å². The second-order valence-electron chi connectivity index (χ2n) is 3.70. The quantitative estimate of drug-likeness (QED) is 0.547. The molecule has 0 aliphatic heterocycles. The Morgan fingerprint density at radius 1 is 1.69 bits per heavy atom. The highest BCUT2D eigenvalue weighted by Gasteiger charge is 1.98. The Morgan fingerprint density at radius 3 is 3.00 bits per heavy atom. The monoisotopic (exact) mass is 223 g/mol. The number of nitrogens with zero attached hydrogens (tertiary/aromatic N) is 2. The number of carbonyl (C=O) groups is 1. The smallest absolute Gasteiger partial charge is 0.328 e. The van der Waals surface area contributed by atoms with Crippen molar-refractivity contribution in [3.63, 3.8) is 0 Å². The first-order valence-corrected chi connectivity index (χ1v) is 5.17. The van der Waals surface area contributed by atoms with Crippen LogP contribution in [-0.2, 0) is 18.3 Å². The zero-order valence-electron chi connectivity index (χ0n) is 9.60. The maximum Gasteiger partial charge on any atom is 0.328 e. The van der Waals surface area contributed by atoms with E-state index in [9.17, 15) is 4.79 Å². The molecule has 1 heterocycles. The van der Waals surface area contributed by atoms with Gasteiger partial charge in [-0.3, -0.25) is 4.68 Å². The second kappa shape index (κ2) is 6.07. The molecular weight excluding hydrogens is 206 g/mol. The summed E-state index contributed by atoms with van der Waals surface area (Å²) in [5, 5.41) is 15.8. The number of aromatic nitrogens is 2. The lowest BCUT2D eigenvalue weighted by atomic mass is 10.2. The third kappa shape index (κ3) is 4.27. The predicted octanol–water partition coefficient (Wildman–Crippen LogP) is 0.583. The van der Waals surface area contributed by atoms with Crippen molar-refractivity contribution in [2.75, 3.05) is 13.1 Å². The summed E-state index contributed by atoms with van der Waals surface area (Å²) < 4.78 is 1.83. The summed E-state index contributed by atoms with van der Waals surface area (Å²) in [5.74, 6) is -0.897. The fraction of sp³-hybridized carbons (Fsp3) is 0.455. The van der Waals surface area contributed by atoms with E-state index in [-0.39, 0.29) is 0 Å². The topological polar surface area (TPSA) is 67.2 Å². The number of nitrogens with one attached hydrogen (secondary N) is 1. The molecule has 0 saturated heterocycles. The summed E-state index contributed by atoms with van der Waals surface area (Å²) in [6, 6.07) is 1.97. The van der Waals surface area contributed by atoms with Gasteiger partial charge < -0.3 is 10.4 Å². The summed E-state index contributed by atoms with van der Waals surface area (Å²) in [6.45, 7) is 3.21. The molecule has 5 heteroatoms. The van der Waals surface area contributed by atoms with Crippen LogP contribution in [0.25, 0.3) is 0 Å². The Bertz CT molecular complexity index is 382. The van der Waals surface area contributed by atoms with Gasteiger partial charge >= 0.3 is 5.97 Å². The average Bonchev–Trinajstić information content (AvgIpc) is 2.58. The number of rotatable bonds is 6. The zero-order chi connectivity index (χ0) is 12.0. The summed E-state index contributed by atoms with van der Waals surface area (Å²) in [7, 11) is 1.91. The van der Waals surface area contributed by atoms with Gasteiger partial charge in [-0.2, -0.15) is 5.10 Å². The molecule has 0 bridgehead atoms. The first-order chi connectivity index (χ1) is 7.59. The largest absolute Gasteiger partial charge is 0.478 e. The van der Waals surface area contributed by atoms with Crippen molar-refractivity contribution in [2.24, 2.45) is 7.05 Å². The summed E-state index contributed by atoms with van der Waals surface area (Å²) in [5.41, 5.74) is 1.98. The lowest BCUT2D eigenvalue weighted by Gasteiger charge is -2.04. The molecule has 0 amide bonds. The van der Waals surface area contributed by atoms with E-state index in [2.05, 4.69) is 10.4 Å². The number of hydrogen-bond donors (Lipinski definition) is 2. The summed E-state index contributed by atoms with van der Waals surface area (Å²) >= 11 is 0. The Morgan fingerprint density at radius 2 is 2.44 bits per heavy atom. The van der Waals surface area contributed by atoms with E-state index in [4.69, 9.17) is 5.11 Å². The predicted molar refractivity (Wildman–Crippen MR) is 61.2 cm³/mol. The van der Waals surface area contributed by atoms with Gasteiger partial charge in [0.05, 0.1) is 0 Å². The molecule has 0 aromatic carbocycles. The molecule has 16 heavy (non-hydrogen) atoms. The van der Waals surface area contributed by atoms with Gasteiger partial charge in [-0.25, -0.2) is 4.79 Å². The van der Waals surface area contributed by atoms with E-state index in [0.29, 0.717) is 6.54 Å². The van der Waals surface area contributed by atoms with Crippen LogP contribution in [0.2, 0.25) is 0 Å². The van der Waals surface area contributed by atoms with Gasteiger partial charge in [0.25, 0.3) is 0 Å². The Labute approximate surface area is 94.8 Å². The minimum Gasteiger partial charge on any atom is -0.478 e. The van der Waals surface area contributed by atoms with E-state index in [0.717, 1.165) is 24.2 Å². The lowest BCUT2D eigenvalue weighted by molar-refractivity contribution is -0.131. The van der Waals surface area contributed by atoms with Crippen LogP contribution in [0.1, 0.15) is 12.6 Å². The van der Waals surface area contributed by atoms with E-state index in [1.807, 2.05) is 17.8 Å². The van der Waals surface area contributed by atoms with Gasteiger partial charge in [-0.1, -0.05) is 5.57 Å². The summed E-state index contributed by atoms with van der Waals surface area (Å²) in [6.07, 6.45) is 3.87. The van der Waals surface area contributed by atoms with Crippen molar-refractivity contribution < 1.29 is 9.90 Å². The molecule has 0 radical (unpaired) electrons. The molecule has 1 aromatic rings. The minimum absolute atomic E-state index is 0.601. The number of aryl methyl sites for hydroxylation is 1. The molecule has 0 atom stereocenters. The molecule has 0 spiro atoms. The van der Waals surface area contributed by atoms with Crippen LogP contribution in [0.15, 0.2) is 23.9 Å². The Hall–Kier alpha value is -1.62. The van der Waals surface area contributed by atoms with Gasteiger partial charge in [0.2, 0.25) is 0 Å². The summed E-state index contributed by atoms with van der Waals surface area (Å²) in [4.78, 5) is 10.4. The van der Waals surface area contributed by atoms with Crippen LogP contribution in [0, 0.1) is 0 Å². The fourth-order valence-electron chi connectivity index (χ4n) is 1.41. The Kier molecular flexibility index (Phi) is 4.72. The van der Waals surface area contributed by atoms with E-state index >= 15 is 0 Å². The molecule has 88 valence electrons. The third-order valence-corrected chi connectivity index (χ3v) is 2.25. The standard InChI is InChI=1S/C11H17N3O2/c1-9(7-11(15)16)8-12-5-3-10-4-6-13-14(10)2/h4,6-7,12H,3,5,8H2,1-2H3,(H,15,16). The van der Waals surface area contributed by atoms with Crippen LogP contribution in [0.5, 0.6) is 0 Å². The molecule has 0 unspecified atom stereocenters. The first kappa shape index (κ1) is 12.4. The van der Waals surface area contributed by atoms with Crippen molar-refractivity contribution in [2.45, 2.75) is 13.3 Å². The van der Waals surface area contributed by atoms with Crippen LogP contribution < -0.4 is 5.32 Å². The van der Waals surface area contributed by atoms with Gasteiger partial charge in [0, 0.05) is 44.5 Å². The third-order valence-electron chi connectivity index (χ3n) is 2.25. The molecule has 0 fully saturated rings. The first-order valence-electron chi connectivity index (χ1n) is 5.17. The lowest BCUT2D eigenvalue weighted by Crippen LogP contribution is -2.20. The van der Waals surface area contributed by atoms with Gasteiger partial charge in [-0.05, 0) is 13.0 Å². The van der Waals surface area contributed by atoms with Crippen LogP contribution in [0.3, 0.4) is 0 Å². The molecule has 0 aliphatic carbocycles. The Balaban J connectivity index is 2.22. The van der Waals surface area contributed by atoms with Gasteiger partial charge in [0.15, 0.2) is 0 Å². The molecule has 1 rings (SSSR count). The maximum absolute atomic E-state index is 10.4. The van der Waals surface area contributed by atoms with E-state index in [1.54, 1.807) is 13.1 Å². The molecule has 2 N–H and O–H groups in total. The molecule has 0 saturated carbocycles. The van der Waals surface area contributed by atoms with Crippen molar-refractivity contribution in [1.29, 1.82) is 0 Å². The SMILES string of the molecule is CC(=CC(=O)O)CNCCc1ccnn1C. The molecule has 1 aromatic heterocycles. The molecular formula is C11H17N3O2. The second-order valence-corrected chi connectivity index (χ2v) is 3.70. The number of hydrogen-bond acceptors (Lipinski definition) is 3. The van der Waals surface area contributed by atoms with Crippen molar-refractivity contribution in [1.82, 2.24) is 15.1 Å². The normalized spacial score (nSPS) is 11.8. The highest BCUT2D eigenvalue weighted by Crippen LogP contribution is 1.96. The van der Waals surface area contributed by atoms with Crippen LogP contribution in [-0.4, -0.2) is 33.9 Å². The molecule has 0 aliphatic rings. The van der Waals surface area contributed by atoms with E-state index < -0.39 is 5.97 Å². The number of carboxylic acid groups (broad SMARTS) is 1. The van der Waals surface area contributed by atoms with Gasteiger partial charge in [-0.15, -0.1) is 0 Å². The van der Waals surface area contributed by atoms with Crippen molar-refractivity contribution in [3.05, 3.63) is 29.6 Å². The van der Waals surface area contributed by atoms with Crippen LogP contribution in [0.4, 0.5) is 0 Å². The average molecular weight is 223 g/mol. The molecule has 5 nitrogen and oxygen atoms in total. The number of aliphatic carboxylic acids is 1. The van der Waals surface area contributed by atoms with Crippen molar-refractivity contribution >= 4 is 5.97 Å². The van der Waals surface area contributed by atoms with E-state index in [1.165, 1.54) is 6.08 Å². The fourth-order valence-corrected chi connectivity index (χ4v) is 1.41. The zero-order valence-corrected chi connectivity index (χ0v) is 9.60. The van der Waals surface area contributed by atoms with Crippen molar-refractivity contribution in [3.8, 4) is 0 Å². The highest BCUT2D eigenvalue weighted by molar-refractivity contribution is 5.80. The minimum atomic E-state index is -0.897. The van der Waals surface area contributed by atoms with Gasteiger partial charge in [0.1, 0.15) is 0 Å². The highest BCUT2D eigenvalue weighted by atomic mass is 16.4. The maximum atomic E-state index is 10.4. The number of carboxylic acids is 1.